The number of carbonyl (C=O) groups is 1. The summed E-state index contributed by atoms with van der Waals surface area (Å²) in [5, 5.41) is 1.71. The van der Waals surface area contributed by atoms with Crippen molar-refractivity contribution in [3.8, 4) is 5.75 Å². The highest BCUT2D eigenvalue weighted by Gasteiger charge is 2.14. The molecule has 0 saturated carbocycles. The largest absolute Gasteiger partial charge is 0.494 e. The first-order chi connectivity index (χ1) is 10.1. The van der Waals surface area contributed by atoms with Crippen molar-refractivity contribution in [2.24, 2.45) is 0 Å². The van der Waals surface area contributed by atoms with Gasteiger partial charge in [-0.05, 0) is 44.6 Å². The fourth-order valence-corrected chi connectivity index (χ4v) is 3.48. The summed E-state index contributed by atoms with van der Waals surface area (Å²) in [6.07, 6.45) is 0.965. The maximum atomic E-state index is 12.3. The predicted octanol–water partition coefficient (Wildman–Crippen LogP) is 4.93. The lowest BCUT2D eigenvalue weighted by atomic mass is 10.2. The number of benzene rings is 2. The molecule has 0 N–H and O–H groups in total. The van der Waals surface area contributed by atoms with E-state index in [0.717, 1.165) is 17.5 Å². The van der Waals surface area contributed by atoms with Gasteiger partial charge in [0.1, 0.15) is 5.75 Å². The van der Waals surface area contributed by atoms with E-state index in [2.05, 4.69) is 6.92 Å². The summed E-state index contributed by atoms with van der Waals surface area (Å²) in [4.78, 5) is 12.3. The Morgan fingerprint density at radius 1 is 1.10 bits per heavy atom. The van der Waals surface area contributed by atoms with Gasteiger partial charge in [0, 0.05) is 0 Å². The highest BCUT2D eigenvalue weighted by Crippen LogP contribution is 2.30. The normalized spacial score (nSPS) is 11.0. The molecule has 110 valence electrons. The summed E-state index contributed by atoms with van der Waals surface area (Å²) in [5.74, 6) is 0.814. The molecule has 2 nitrogen and oxygen atoms in total. The summed E-state index contributed by atoms with van der Waals surface area (Å²) in [6.45, 7) is 2.75. The number of hydrogen-bond acceptors (Lipinski definition) is 2. The Kier molecular flexibility index (Phi) is 6.05. The van der Waals surface area contributed by atoms with E-state index in [-0.39, 0.29) is 14.1 Å². The molecule has 2 aromatic rings. The second-order valence-corrected chi connectivity index (χ2v) is 6.52. The first kappa shape index (κ1) is 16.3. The Hall–Kier alpha value is -1.08. The van der Waals surface area contributed by atoms with Gasteiger partial charge < -0.3 is 4.74 Å². The lowest BCUT2D eigenvalue weighted by molar-refractivity contribution is 0.108. The molecule has 0 saturated heterocycles. The van der Waals surface area contributed by atoms with Crippen LogP contribution < -0.4 is 10.0 Å². The molecule has 0 spiro atoms. The van der Waals surface area contributed by atoms with Crippen molar-refractivity contribution < 1.29 is 9.53 Å². The summed E-state index contributed by atoms with van der Waals surface area (Å²) < 4.78 is 5.51. The monoisotopic (exact) mass is 340 g/mol. The molecule has 0 heterocycles. The van der Waals surface area contributed by atoms with Crippen LogP contribution in [0.3, 0.4) is 0 Å². The SMILES string of the molecule is CCCOc1ccc(PC(=O)c2c(Cl)cccc2Cl)cc1. The average molecular weight is 341 g/mol. The fourth-order valence-electron chi connectivity index (χ4n) is 1.76. The Bertz CT molecular complexity index is 606. The maximum Gasteiger partial charge on any atom is 0.188 e. The molecule has 0 amide bonds. The van der Waals surface area contributed by atoms with Gasteiger partial charge in [-0.15, -0.1) is 0 Å². The molecule has 2 rings (SSSR count). The van der Waals surface area contributed by atoms with Crippen LogP contribution in [0.2, 0.25) is 10.0 Å². The summed E-state index contributed by atoms with van der Waals surface area (Å²) in [6, 6.07) is 12.6. The minimum Gasteiger partial charge on any atom is -0.494 e. The van der Waals surface area contributed by atoms with Crippen molar-refractivity contribution >= 4 is 42.6 Å². The van der Waals surface area contributed by atoms with Gasteiger partial charge >= 0.3 is 0 Å². The first-order valence-electron chi connectivity index (χ1n) is 6.60. The molecule has 0 radical (unpaired) electrons. The summed E-state index contributed by atoms with van der Waals surface area (Å²) in [5.41, 5.74) is 0.332. The number of hydrogen-bond donors (Lipinski definition) is 0. The summed E-state index contributed by atoms with van der Waals surface area (Å²) in [7, 11) is -0.0162. The van der Waals surface area contributed by atoms with Crippen molar-refractivity contribution in [2.45, 2.75) is 13.3 Å². The van der Waals surface area contributed by atoms with Gasteiger partial charge in [-0.25, -0.2) is 0 Å². The Labute approximate surface area is 136 Å². The van der Waals surface area contributed by atoms with Gasteiger partial charge in [0.25, 0.3) is 0 Å². The zero-order valence-corrected chi connectivity index (χ0v) is 14.0. The van der Waals surface area contributed by atoms with Crippen LogP contribution in [0.5, 0.6) is 5.75 Å². The van der Waals surface area contributed by atoms with Crippen molar-refractivity contribution in [1.29, 1.82) is 0 Å². The number of rotatable bonds is 6. The standard InChI is InChI=1S/C16H15Cl2O2P/c1-2-10-20-11-6-8-12(9-7-11)21-16(19)15-13(17)4-3-5-14(15)18/h3-9,21H,2,10H2,1H3. The lowest BCUT2D eigenvalue weighted by Crippen LogP contribution is -2.03. The van der Waals surface area contributed by atoms with E-state index in [4.69, 9.17) is 27.9 Å². The molecule has 0 aliphatic rings. The van der Waals surface area contributed by atoms with Gasteiger partial charge in [-0.2, -0.15) is 0 Å². The van der Waals surface area contributed by atoms with Crippen LogP contribution >= 0.6 is 31.8 Å². The van der Waals surface area contributed by atoms with E-state index >= 15 is 0 Å². The molecule has 0 aliphatic heterocycles. The molecular weight excluding hydrogens is 326 g/mol. The molecule has 0 aliphatic carbocycles. The van der Waals surface area contributed by atoms with E-state index in [1.54, 1.807) is 18.2 Å². The van der Waals surface area contributed by atoms with Gasteiger partial charge in [0.05, 0.1) is 22.2 Å². The van der Waals surface area contributed by atoms with Crippen molar-refractivity contribution in [3.05, 3.63) is 58.1 Å². The molecule has 5 heteroatoms. The molecule has 1 atom stereocenters. The third-order valence-corrected chi connectivity index (χ3v) is 4.50. The summed E-state index contributed by atoms with van der Waals surface area (Å²) >= 11 is 12.1. The fraction of sp³-hybridized carbons (Fsp3) is 0.188. The minimum atomic E-state index is -0.0622. The molecule has 1 unspecified atom stereocenters. The molecular formula is C16H15Cl2O2P. The Balaban J connectivity index is 2.09. The van der Waals surface area contributed by atoms with Gasteiger partial charge in [0.15, 0.2) is 5.52 Å². The van der Waals surface area contributed by atoms with E-state index in [1.165, 1.54) is 0 Å². The van der Waals surface area contributed by atoms with Gasteiger partial charge in [-0.1, -0.05) is 48.3 Å². The molecule has 2 aromatic carbocycles. The van der Waals surface area contributed by atoms with Crippen molar-refractivity contribution in [2.75, 3.05) is 6.61 Å². The molecule has 0 fully saturated rings. The third kappa shape index (κ3) is 4.44. The van der Waals surface area contributed by atoms with Crippen LogP contribution in [-0.4, -0.2) is 12.1 Å². The van der Waals surface area contributed by atoms with E-state index in [9.17, 15) is 4.79 Å². The van der Waals surface area contributed by atoms with Gasteiger partial charge in [-0.3, -0.25) is 4.79 Å². The van der Waals surface area contributed by atoms with Crippen LogP contribution in [-0.2, 0) is 0 Å². The van der Waals surface area contributed by atoms with Crippen LogP contribution in [0.4, 0.5) is 0 Å². The topological polar surface area (TPSA) is 26.3 Å². The second-order valence-electron chi connectivity index (χ2n) is 4.42. The smallest absolute Gasteiger partial charge is 0.188 e. The van der Waals surface area contributed by atoms with Crippen LogP contribution in [0, 0.1) is 0 Å². The van der Waals surface area contributed by atoms with Crippen molar-refractivity contribution in [3.63, 3.8) is 0 Å². The number of ether oxygens (including phenoxy) is 1. The van der Waals surface area contributed by atoms with Crippen LogP contribution in [0.15, 0.2) is 42.5 Å². The van der Waals surface area contributed by atoms with Crippen LogP contribution in [0.25, 0.3) is 0 Å². The highest BCUT2D eigenvalue weighted by atomic mass is 35.5. The van der Waals surface area contributed by atoms with Gasteiger partial charge in [0.2, 0.25) is 0 Å². The minimum absolute atomic E-state index is 0.0162. The van der Waals surface area contributed by atoms with Crippen molar-refractivity contribution in [1.82, 2.24) is 0 Å². The molecule has 21 heavy (non-hydrogen) atoms. The molecule has 0 aromatic heterocycles. The van der Waals surface area contributed by atoms with E-state index in [1.807, 2.05) is 24.3 Å². The molecule has 0 bridgehead atoms. The zero-order valence-electron chi connectivity index (χ0n) is 11.5. The quantitative estimate of drug-likeness (QED) is 0.697. The van der Waals surface area contributed by atoms with E-state index < -0.39 is 0 Å². The first-order valence-corrected chi connectivity index (χ1v) is 8.35. The van der Waals surface area contributed by atoms with Crippen LogP contribution in [0.1, 0.15) is 23.7 Å². The second kappa shape index (κ2) is 7.79. The zero-order chi connectivity index (χ0) is 15.2. The predicted molar refractivity (Wildman–Crippen MR) is 91.0 cm³/mol. The Morgan fingerprint density at radius 2 is 1.71 bits per heavy atom. The lowest BCUT2D eigenvalue weighted by Gasteiger charge is -2.07. The average Bonchev–Trinajstić information content (AvgIpc) is 2.46. The highest BCUT2D eigenvalue weighted by molar-refractivity contribution is 7.66. The third-order valence-electron chi connectivity index (χ3n) is 2.77. The maximum absolute atomic E-state index is 12.3. The Morgan fingerprint density at radius 3 is 2.29 bits per heavy atom. The number of carbonyl (C=O) groups excluding carboxylic acids is 1. The number of halogens is 2. The van der Waals surface area contributed by atoms with E-state index in [0.29, 0.717) is 22.2 Å².